The highest BCUT2D eigenvalue weighted by Gasteiger charge is 2.37. The summed E-state index contributed by atoms with van der Waals surface area (Å²) in [5, 5.41) is 0. The molecule has 3 rings (SSSR count). The van der Waals surface area contributed by atoms with Crippen LogP contribution in [0.1, 0.15) is 17.5 Å². The molecule has 1 aromatic heterocycles. The molecule has 5 heteroatoms. The van der Waals surface area contributed by atoms with Crippen LogP contribution in [0.4, 0.5) is 4.39 Å². The van der Waals surface area contributed by atoms with E-state index in [0.29, 0.717) is 18.5 Å². The van der Waals surface area contributed by atoms with Gasteiger partial charge in [0.25, 0.3) is 0 Å². The van der Waals surface area contributed by atoms with Crippen LogP contribution in [0.25, 0.3) is 0 Å². The van der Waals surface area contributed by atoms with Gasteiger partial charge >= 0.3 is 0 Å². The van der Waals surface area contributed by atoms with Crippen molar-refractivity contribution in [2.45, 2.75) is 31.4 Å². The van der Waals surface area contributed by atoms with Crippen LogP contribution >= 0.6 is 0 Å². The first-order chi connectivity index (χ1) is 11.7. The van der Waals surface area contributed by atoms with Crippen LogP contribution in [-0.2, 0) is 22.4 Å². The van der Waals surface area contributed by atoms with Gasteiger partial charge in [0.1, 0.15) is 5.82 Å². The van der Waals surface area contributed by atoms with Crippen LogP contribution in [0.2, 0.25) is 0 Å². The number of carbonyl (C=O) groups is 1. The molecule has 126 valence electrons. The van der Waals surface area contributed by atoms with E-state index in [1.807, 2.05) is 23.2 Å². The second kappa shape index (κ2) is 7.53. The van der Waals surface area contributed by atoms with Gasteiger partial charge in [0.05, 0.1) is 18.6 Å². The zero-order valence-electron chi connectivity index (χ0n) is 13.7. The van der Waals surface area contributed by atoms with Gasteiger partial charge in [0.2, 0.25) is 5.91 Å². The Kier molecular flexibility index (Phi) is 5.20. The van der Waals surface area contributed by atoms with E-state index in [1.54, 1.807) is 25.4 Å². The van der Waals surface area contributed by atoms with Gasteiger partial charge in [-0.25, -0.2) is 4.39 Å². The number of pyridine rings is 1. The minimum absolute atomic E-state index is 0.00837. The third-order valence-electron chi connectivity index (χ3n) is 4.52. The summed E-state index contributed by atoms with van der Waals surface area (Å²) >= 11 is 0. The number of rotatable bonds is 5. The van der Waals surface area contributed by atoms with E-state index in [0.717, 1.165) is 12.0 Å². The van der Waals surface area contributed by atoms with Gasteiger partial charge in [-0.2, -0.15) is 0 Å². The minimum Gasteiger partial charge on any atom is -0.379 e. The van der Waals surface area contributed by atoms with Crippen molar-refractivity contribution in [3.8, 4) is 0 Å². The van der Waals surface area contributed by atoms with Crippen LogP contribution in [0.5, 0.6) is 0 Å². The molecule has 0 bridgehead atoms. The third kappa shape index (κ3) is 3.79. The van der Waals surface area contributed by atoms with Crippen molar-refractivity contribution >= 4 is 5.91 Å². The number of methoxy groups -OCH3 is 1. The summed E-state index contributed by atoms with van der Waals surface area (Å²) in [5.41, 5.74) is 1.77. The SMILES string of the molecule is CO[C@@H]1CCN(C(=O)Cc2cccc(F)c2)[C@@H]1Cc1cccnc1. The Morgan fingerprint density at radius 3 is 2.88 bits per heavy atom. The number of ether oxygens (including phenoxy) is 1. The molecule has 4 nitrogen and oxygen atoms in total. The summed E-state index contributed by atoms with van der Waals surface area (Å²) in [4.78, 5) is 18.7. The Hall–Kier alpha value is -2.27. The first-order valence-electron chi connectivity index (χ1n) is 8.13. The Morgan fingerprint density at radius 2 is 2.17 bits per heavy atom. The van der Waals surface area contributed by atoms with Gasteiger partial charge in [0.15, 0.2) is 0 Å². The van der Waals surface area contributed by atoms with Crippen molar-refractivity contribution in [1.82, 2.24) is 9.88 Å². The first kappa shape index (κ1) is 16.6. The quantitative estimate of drug-likeness (QED) is 0.847. The summed E-state index contributed by atoms with van der Waals surface area (Å²) < 4.78 is 18.9. The minimum atomic E-state index is -0.316. The van der Waals surface area contributed by atoms with E-state index in [-0.39, 0.29) is 30.3 Å². The lowest BCUT2D eigenvalue weighted by Crippen LogP contribution is -2.42. The van der Waals surface area contributed by atoms with Crippen LogP contribution in [0.15, 0.2) is 48.8 Å². The molecule has 0 N–H and O–H groups in total. The number of hydrogen-bond acceptors (Lipinski definition) is 3. The average molecular weight is 328 g/mol. The molecular formula is C19H21FN2O2. The molecule has 2 atom stereocenters. The Labute approximate surface area is 141 Å². The summed E-state index contributed by atoms with van der Waals surface area (Å²) in [7, 11) is 1.68. The maximum Gasteiger partial charge on any atom is 0.227 e. The zero-order chi connectivity index (χ0) is 16.9. The van der Waals surface area contributed by atoms with E-state index in [4.69, 9.17) is 4.74 Å². The van der Waals surface area contributed by atoms with Crippen molar-refractivity contribution in [2.75, 3.05) is 13.7 Å². The zero-order valence-corrected chi connectivity index (χ0v) is 13.7. The van der Waals surface area contributed by atoms with Gasteiger partial charge in [-0.05, 0) is 42.2 Å². The average Bonchev–Trinajstić information content (AvgIpc) is 2.98. The molecular weight excluding hydrogens is 307 g/mol. The molecule has 1 aliphatic heterocycles. The predicted octanol–water partition coefficient (Wildman–Crippen LogP) is 2.62. The summed E-state index contributed by atoms with van der Waals surface area (Å²) in [5.74, 6) is -0.308. The monoisotopic (exact) mass is 328 g/mol. The second-order valence-electron chi connectivity index (χ2n) is 6.09. The lowest BCUT2D eigenvalue weighted by atomic mass is 10.0. The fourth-order valence-corrected chi connectivity index (χ4v) is 3.33. The number of carbonyl (C=O) groups excluding carboxylic acids is 1. The summed E-state index contributed by atoms with van der Waals surface area (Å²) in [6.45, 7) is 0.664. The second-order valence-corrected chi connectivity index (χ2v) is 6.09. The molecule has 1 aromatic carbocycles. The predicted molar refractivity (Wildman–Crippen MR) is 89.0 cm³/mol. The number of likely N-dealkylation sites (tertiary alicyclic amines) is 1. The van der Waals surface area contributed by atoms with Gasteiger partial charge in [-0.3, -0.25) is 9.78 Å². The third-order valence-corrected chi connectivity index (χ3v) is 4.52. The lowest BCUT2D eigenvalue weighted by Gasteiger charge is -2.28. The number of halogens is 1. The normalized spacial score (nSPS) is 20.3. The van der Waals surface area contributed by atoms with Crippen molar-refractivity contribution < 1.29 is 13.9 Å². The van der Waals surface area contributed by atoms with E-state index in [2.05, 4.69) is 4.98 Å². The van der Waals surface area contributed by atoms with E-state index >= 15 is 0 Å². The fourth-order valence-electron chi connectivity index (χ4n) is 3.33. The number of aromatic nitrogens is 1. The summed E-state index contributed by atoms with van der Waals surface area (Å²) in [6, 6.07) is 10.1. The molecule has 0 saturated carbocycles. The molecule has 2 heterocycles. The van der Waals surface area contributed by atoms with Crippen LogP contribution < -0.4 is 0 Å². The Bertz CT molecular complexity index is 693. The number of nitrogens with zero attached hydrogens (tertiary/aromatic N) is 2. The van der Waals surface area contributed by atoms with Crippen LogP contribution in [0, 0.1) is 5.82 Å². The molecule has 0 aliphatic carbocycles. The van der Waals surface area contributed by atoms with Crippen molar-refractivity contribution in [3.05, 3.63) is 65.7 Å². The smallest absolute Gasteiger partial charge is 0.227 e. The van der Waals surface area contributed by atoms with E-state index in [9.17, 15) is 9.18 Å². The molecule has 24 heavy (non-hydrogen) atoms. The van der Waals surface area contributed by atoms with Gasteiger partial charge in [0, 0.05) is 26.0 Å². The molecule has 2 aromatic rings. The largest absolute Gasteiger partial charge is 0.379 e. The fraction of sp³-hybridized carbons (Fsp3) is 0.368. The molecule has 0 radical (unpaired) electrons. The Morgan fingerprint density at radius 1 is 1.33 bits per heavy atom. The van der Waals surface area contributed by atoms with Gasteiger partial charge < -0.3 is 9.64 Å². The lowest BCUT2D eigenvalue weighted by molar-refractivity contribution is -0.132. The summed E-state index contributed by atoms with van der Waals surface area (Å²) in [6.07, 6.45) is 5.30. The maximum atomic E-state index is 13.3. The van der Waals surface area contributed by atoms with E-state index in [1.165, 1.54) is 12.1 Å². The molecule has 0 spiro atoms. The van der Waals surface area contributed by atoms with Crippen molar-refractivity contribution in [2.24, 2.45) is 0 Å². The van der Waals surface area contributed by atoms with Gasteiger partial charge in [-0.15, -0.1) is 0 Å². The highest BCUT2D eigenvalue weighted by molar-refractivity contribution is 5.79. The topological polar surface area (TPSA) is 42.4 Å². The molecule has 1 amide bonds. The van der Waals surface area contributed by atoms with Crippen LogP contribution in [-0.4, -0.2) is 41.6 Å². The Balaban J connectivity index is 1.73. The number of amides is 1. The number of hydrogen-bond donors (Lipinski definition) is 0. The van der Waals surface area contributed by atoms with Crippen molar-refractivity contribution in [1.29, 1.82) is 0 Å². The molecule has 1 saturated heterocycles. The first-order valence-corrected chi connectivity index (χ1v) is 8.13. The molecule has 1 aliphatic rings. The van der Waals surface area contributed by atoms with E-state index < -0.39 is 0 Å². The molecule has 1 fully saturated rings. The highest BCUT2D eigenvalue weighted by atomic mass is 19.1. The van der Waals surface area contributed by atoms with Crippen LogP contribution in [0.3, 0.4) is 0 Å². The standard InChI is InChI=1S/C19H21FN2O2/c1-24-18-7-9-22(17(18)11-15-5-3-8-21-13-15)19(23)12-14-4-2-6-16(20)10-14/h2-6,8,10,13,17-18H,7,9,11-12H2,1H3/t17-,18-/m1/s1. The van der Waals surface area contributed by atoms with Gasteiger partial charge in [-0.1, -0.05) is 18.2 Å². The highest BCUT2D eigenvalue weighted by Crippen LogP contribution is 2.25. The maximum absolute atomic E-state index is 13.3. The van der Waals surface area contributed by atoms with Crippen molar-refractivity contribution in [3.63, 3.8) is 0 Å². The molecule has 0 unspecified atom stereocenters. The number of benzene rings is 1.